The zero-order valence-electron chi connectivity index (χ0n) is 22.0. The fraction of sp³-hybridized carbons (Fsp3) is 0.464. The van der Waals surface area contributed by atoms with Gasteiger partial charge in [0.1, 0.15) is 11.6 Å². The lowest BCUT2D eigenvalue weighted by Crippen LogP contribution is -2.31. The number of Topliss-reactive ketones (excluding diaryl/α,β-unsaturated/α-hetero) is 1. The van der Waals surface area contributed by atoms with Crippen LogP contribution in [0.1, 0.15) is 98.4 Å². The van der Waals surface area contributed by atoms with E-state index in [0.717, 1.165) is 16.7 Å². The first kappa shape index (κ1) is 28.6. The molecule has 2 aromatic carbocycles. The molecule has 7 heteroatoms. The molecule has 0 unspecified atom stereocenters. The van der Waals surface area contributed by atoms with E-state index in [2.05, 4.69) is 5.32 Å². The molecule has 0 aliphatic carbocycles. The van der Waals surface area contributed by atoms with E-state index < -0.39 is 0 Å². The number of amides is 1. The predicted molar refractivity (Wildman–Crippen MR) is 146 cm³/mol. The molecule has 190 valence electrons. The fourth-order valence-corrected chi connectivity index (χ4v) is 4.22. The Morgan fingerprint density at radius 2 is 1.54 bits per heavy atom. The Labute approximate surface area is 219 Å². The second-order valence-electron chi connectivity index (χ2n) is 11.5. The highest BCUT2D eigenvalue weighted by Crippen LogP contribution is 2.40. The minimum atomic E-state index is -0.329. The van der Waals surface area contributed by atoms with Crippen LogP contribution in [0.25, 0.3) is 0 Å². The fourth-order valence-electron chi connectivity index (χ4n) is 4.22. The SMILES string of the molecule is Br.CC(C)NC(=O)c1ccc2c(c1)C(=N)N(CC(=O)c1cc(C(C)(C)C)c(O)c(C(C)(C)C)c1)C2. The molecule has 6 nitrogen and oxygen atoms in total. The number of hydrogen-bond donors (Lipinski definition) is 3. The molecule has 35 heavy (non-hydrogen) atoms. The van der Waals surface area contributed by atoms with Crippen molar-refractivity contribution in [2.24, 2.45) is 0 Å². The highest BCUT2D eigenvalue weighted by Gasteiger charge is 2.30. The maximum atomic E-state index is 13.4. The Bertz CT molecular complexity index is 1120. The summed E-state index contributed by atoms with van der Waals surface area (Å²) in [4.78, 5) is 27.5. The molecule has 0 spiro atoms. The van der Waals surface area contributed by atoms with Crippen LogP contribution >= 0.6 is 17.0 Å². The van der Waals surface area contributed by atoms with Crippen molar-refractivity contribution in [2.75, 3.05) is 6.54 Å². The standard InChI is InChI=1S/C28H37N3O3.BrH/c1-16(2)30-26(34)17-9-10-18-14-31(25(29)20(18)11-17)15-23(32)19-12-21(27(3,4)5)24(33)22(13-19)28(6,7)8;/h9-13,16,29,33H,14-15H2,1-8H3,(H,30,34);1H. The third-order valence-corrected chi connectivity index (χ3v) is 6.11. The Hall–Kier alpha value is -2.67. The van der Waals surface area contributed by atoms with E-state index in [-0.39, 0.29) is 63.7 Å². The number of amidine groups is 1. The second kappa shape index (κ2) is 10.1. The van der Waals surface area contributed by atoms with Gasteiger partial charge in [-0.2, -0.15) is 0 Å². The number of rotatable bonds is 5. The van der Waals surface area contributed by atoms with E-state index in [9.17, 15) is 14.7 Å². The van der Waals surface area contributed by atoms with Crippen LogP contribution in [0.4, 0.5) is 0 Å². The van der Waals surface area contributed by atoms with Gasteiger partial charge in [0.25, 0.3) is 5.91 Å². The minimum Gasteiger partial charge on any atom is -0.507 e. The number of aromatic hydroxyl groups is 1. The third kappa shape index (κ3) is 6.13. The van der Waals surface area contributed by atoms with Gasteiger partial charge in [-0.1, -0.05) is 47.6 Å². The maximum Gasteiger partial charge on any atom is 0.251 e. The molecule has 0 fully saturated rings. The molecule has 2 aromatic rings. The second-order valence-corrected chi connectivity index (χ2v) is 11.5. The molecule has 3 rings (SSSR count). The highest BCUT2D eigenvalue weighted by atomic mass is 79.9. The number of phenols is 1. The lowest BCUT2D eigenvalue weighted by molar-refractivity contribution is 0.0940. The van der Waals surface area contributed by atoms with E-state index >= 15 is 0 Å². The number of ketones is 1. The number of phenolic OH excluding ortho intramolecular Hbond substituents is 1. The largest absolute Gasteiger partial charge is 0.507 e. The van der Waals surface area contributed by atoms with Gasteiger partial charge in [0.15, 0.2) is 5.78 Å². The topological polar surface area (TPSA) is 93.5 Å². The Morgan fingerprint density at radius 1 is 1.00 bits per heavy atom. The minimum absolute atomic E-state index is 0. The van der Waals surface area contributed by atoms with Crippen LogP contribution < -0.4 is 5.32 Å². The van der Waals surface area contributed by atoms with Crippen molar-refractivity contribution in [3.63, 3.8) is 0 Å². The van der Waals surface area contributed by atoms with Gasteiger partial charge in [-0.3, -0.25) is 15.0 Å². The summed E-state index contributed by atoms with van der Waals surface area (Å²) in [5, 5.41) is 22.5. The van der Waals surface area contributed by atoms with Gasteiger partial charge >= 0.3 is 0 Å². The monoisotopic (exact) mass is 543 g/mol. The van der Waals surface area contributed by atoms with E-state index in [4.69, 9.17) is 5.41 Å². The molecule has 1 aliphatic rings. The van der Waals surface area contributed by atoms with Crippen LogP contribution in [-0.2, 0) is 17.4 Å². The Balaban J connectivity index is 0.00000432. The number of halogens is 1. The average Bonchev–Trinajstić information content (AvgIpc) is 3.00. The van der Waals surface area contributed by atoms with Crippen LogP contribution in [0, 0.1) is 5.41 Å². The molecule has 1 amide bonds. The maximum absolute atomic E-state index is 13.4. The first-order valence-electron chi connectivity index (χ1n) is 11.8. The summed E-state index contributed by atoms with van der Waals surface area (Å²) in [6.45, 7) is 16.4. The summed E-state index contributed by atoms with van der Waals surface area (Å²) < 4.78 is 0. The number of carbonyl (C=O) groups is 2. The normalized spacial score (nSPS) is 13.5. The van der Waals surface area contributed by atoms with Crippen molar-refractivity contribution in [3.8, 4) is 5.75 Å². The van der Waals surface area contributed by atoms with E-state index in [0.29, 0.717) is 23.2 Å². The first-order valence-corrected chi connectivity index (χ1v) is 11.8. The van der Waals surface area contributed by atoms with Crippen LogP contribution in [0.3, 0.4) is 0 Å². The van der Waals surface area contributed by atoms with Gasteiger partial charge in [0.05, 0.1) is 6.54 Å². The van der Waals surface area contributed by atoms with E-state index in [1.807, 2.05) is 61.5 Å². The van der Waals surface area contributed by atoms with Crippen molar-refractivity contribution < 1.29 is 14.7 Å². The van der Waals surface area contributed by atoms with Gasteiger partial charge in [-0.05, 0) is 54.5 Å². The van der Waals surface area contributed by atoms with Gasteiger partial charge in [0, 0.05) is 40.4 Å². The van der Waals surface area contributed by atoms with Crippen LogP contribution in [0.2, 0.25) is 0 Å². The van der Waals surface area contributed by atoms with Crippen LogP contribution in [0.15, 0.2) is 30.3 Å². The van der Waals surface area contributed by atoms with Crippen molar-refractivity contribution in [3.05, 3.63) is 63.7 Å². The average molecular weight is 545 g/mol. The van der Waals surface area contributed by atoms with E-state index in [1.165, 1.54) is 0 Å². The Morgan fingerprint density at radius 3 is 2.03 bits per heavy atom. The number of benzene rings is 2. The van der Waals surface area contributed by atoms with Gasteiger partial charge in [0.2, 0.25) is 0 Å². The van der Waals surface area contributed by atoms with Gasteiger partial charge in [-0.15, -0.1) is 17.0 Å². The molecule has 3 N–H and O–H groups in total. The summed E-state index contributed by atoms with van der Waals surface area (Å²) in [6, 6.07) is 8.95. The lowest BCUT2D eigenvalue weighted by atomic mass is 9.78. The lowest BCUT2D eigenvalue weighted by Gasteiger charge is -2.28. The summed E-state index contributed by atoms with van der Waals surface area (Å²) in [5.41, 5.74) is 3.47. The van der Waals surface area contributed by atoms with Gasteiger partial charge < -0.3 is 15.3 Å². The Kier molecular flexibility index (Phi) is 8.27. The zero-order chi connectivity index (χ0) is 25.6. The van der Waals surface area contributed by atoms with Crippen molar-refractivity contribution in [1.82, 2.24) is 10.2 Å². The molecule has 0 atom stereocenters. The summed E-state index contributed by atoms with van der Waals surface area (Å²) >= 11 is 0. The molecule has 0 aromatic heterocycles. The molecule has 0 saturated carbocycles. The summed E-state index contributed by atoms with van der Waals surface area (Å²) in [6.07, 6.45) is 0. The number of carbonyl (C=O) groups excluding carboxylic acids is 2. The molecule has 0 radical (unpaired) electrons. The van der Waals surface area contributed by atoms with Gasteiger partial charge in [-0.25, -0.2) is 0 Å². The predicted octanol–water partition coefficient (Wildman–Crippen LogP) is 5.73. The number of nitrogens with zero attached hydrogens (tertiary/aromatic N) is 1. The quantitative estimate of drug-likeness (QED) is 0.420. The summed E-state index contributed by atoms with van der Waals surface area (Å²) in [7, 11) is 0. The van der Waals surface area contributed by atoms with Crippen molar-refractivity contribution in [1.29, 1.82) is 5.41 Å². The molecule has 0 bridgehead atoms. The molecule has 1 heterocycles. The smallest absolute Gasteiger partial charge is 0.251 e. The summed E-state index contributed by atoms with van der Waals surface area (Å²) in [5.74, 6) is 0.207. The highest BCUT2D eigenvalue weighted by molar-refractivity contribution is 8.93. The van der Waals surface area contributed by atoms with Crippen molar-refractivity contribution >= 4 is 34.5 Å². The molecular weight excluding hydrogens is 506 g/mol. The van der Waals surface area contributed by atoms with Crippen molar-refractivity contribution in [2.45, 2.75) is 78.8 Å². The number of fused-ring (bicyclic) bond motifs is 1. The third-order valence-electron chi connectivity index (χ3n) is 6.11. The zero-order valence-corrected chi connectivity index (χ0v) is 23.7. The van der Waals surface area contributed by atoms with E-state index in [1.54, 1.807) is 29.2 Å². The number of hydrogen-bond acceptors (Lipinski definition) is 4. The first-order chi connectivity index (χ1) is 15.6. The molecule has 0 saturated heterocycles. The number of nitrogens with one attached hydrogen (secondary N) is 2. The van der Waals surface area contributed by atoms with Crippen LogP contribution in [0.5, 0.6) is 5.75 Å². The molecular formula is C28H38BrN3O3. The van der Waals surface area contributed by atoms with Crippen LogP contribution in [-0.4, -0.2) is 40.1 Å². The molecule has 1 aliphatic heterocycles.